The van der Waals surface area contributed by atoms with Crippen molar-refractivity contribution in [2.24, 2.45) is 0 Å². The van der Waals surface area contributed by atoms with Crippen LogP contribution in [0.1, 0.15) is 19.2 Å². The van der Waals surface area contributed by atoms with Crippen LogP contribution in [0.2, 0.25) is 0 Å². The molecule has 0 spiro atoms. The van der Waals surface area contributed by atoms with Gasteiger partial charge in [0.1, 0.15) is 5.75 Å². The zero-order valence-corrected chi connectivity index (χ0v) is 10.9. The second kappa shape index (κ2) is 4.82. The van der Waals surface area contributed by atoms with E-state index in [1.165, 1.54) is 0 Å². The molecule has 0 fully saturated rings. The third-order valence-corrected chi connectivity index (χ3v) is 2.80. The van der Waals surface area contributed by atoms with Crippen LogP contribution in [0.5, 0.6) is 5.75 Å². The van der Waals surface area contributed by atoms with Crippen LogP contribution in [0.4, 0.5) is 0 Å². The summed E-state index contributed by atoms with van der Waals surface area (Å²) < 4.78 is 6.13. The number of halogens is 1. The molecule has 0 unspecified atom stereocenters. The van der Waals surface area contributed by atoms with Gasteiger partial charge in [-0.3, -0.25) is 0 Å². The molecule has 1 aromatic heterocycles. The molecule has 4 nitrogen and oxygen atoms in total. The number of phenols is 1. The molecule has 2 rings (SSSR count). The minimum absolute atomic E-state index is 0.159. The van der Waals surface area contributed by atoms with Gasteiger partial charge in [-0.15, -0.1) is 0 Å². The lowest BCUT2D eigenvalue weighted by atomic mass is 10.2. The highest BCUT2D eigenvalue weighted by Crippen LogP contribution is 2.29. The van der Waals surface area contributed by atoms with E-state index in [4.69, 9.17) is 4.52 Å². The fourth-order valence-electron chi connectivity index (χ4n) is 1.37. The lowest BCUT2D eigenvalue weighted by molar-refractivity contribution is 0.417. The molecule has 1 N–H and O–H groups in total. The Balaban J connectivity index is 2.38. The van der Waals surface area contributed by atoms with E-state index in [1.807, 2.05) is 12.1 Å². The second-order valence-electron chi connectivity index (χ2n) is 3.43. The molecule has 5 heteroatoms. The minimum Gasteiger partial charge on any atom is -0.507 e. The van der Waals surface area contributed by atoms with Crippen LogP contribution in [0.3, 0.4) is 0 Å². The lowest BCUT2D eigenvalue weighted by Crippen LogP contribution is -1.86. The number of aromatic hydroxyl groups is 1. The van der Waals surface area contributed by atoms with Crippen molar-refractivity contribution in [3.8, 4) is 17.2 Å². The van der Waals surface area contributed by atoms with Crippen molar-refractivity contribution in [1.82, 2.24) is 10.1 Å². The molecule has 1 heterocycles. The van der Waals surface area contributed by atoms with Crippen LogP contribution >= 0.6 is 22.6 Å². The summed E-state index contributed by atoms with van der Waals surface area (Å²) in [5.41, 5.74) is 0.585. The van der Waals surface area contributed by atoms with E-state index in [1.54, 1.807) is 6.07 Å². The van der Waals surface area contributed by atoms with Crippen molar-refractivity contribution >= 4 is 22.6 Å². The number of hydrogen-bond donors (Lipinski definition) is 1. The number of rotatable bonds is 3. The Morgan fingerprint density at radius 3 is 3.00 bits per heavy atom. The molecule has 1 aromatic carbocycles. The molecule has 0 aliphatic carbocycles. The van der Waals surface area contributed by atoms with Crippen molar-refractivity contribution in [1.29, 1.82) is 0 Å². The summed E-state index contributed by atoms with van der Waals surface area (Å²) in [6, 6.07) is 5.27. The van der Waals surface area contributed by atoms with Gasteiger partial charge in [0.25, 0.3) is 5.89 Å². The van der Waals surface area contributed by atoms with E-state index in [0.717, 1.165) is 16.4 Å². The summed E-state index contributed by atoms with van der Waals surface area (Å²) in [7, 11) is 0. The molecule has 0 bridgehead atoms. The van der Waals surface area contributed by atoms with Crippen LogP contribution < -0.4 is 0 Å². The maximum absolute atomic E-state index is 9.70. The Morgan fingerprint density at radius 1 is 1.44 bits per heavy atom. The number of nitrogens with zero attached hydrogens (tertiary/aromatic N) is 2. The summed E-state index contributed by atoms with van der Waals surface area (Å²) in [4.78, 5) is 4.23. The van der Waals surface area contributed by atoms with Crippen molar-refractivity contribution < 1.29 is 9.63 Å². The Bertz CT molecular complexity index is 496. The zero-order valence-electron chi connectivity index (χ0n) is 8.77. The molecule has 0 amide bonds. The van der Waals surface area contributed by atoms with Gasteiger partial charge in [0.15, 0.2) is 5.82 Å². The smallest absolute Gasteiger partial charge is 0.261 e. The molecule has 2 aromatic rings. The van der Waals surface area contributed by atoms with E-state index >= 15 is 0 Å². The predicted molar refractivity (Wildman–Crippen MR) is 68.1 cm³/mol. The molecular formula is C11H11IN2O2. The van der Waals surface area contributed by atoms with Crippen LogP contribution in [0, 0.1) is 3.57 Å². The Morgan fingerprint density at radius 2 is 2.25 bits per heavy atom. The fraction of sp³-hybridized carbons (Fsp3) is 0.273. The molecule has 0 radical (unpaired) electrons. The van der Waals surface area contributed by atoms with E-state index in [-0.39, 0.29) is 5.75 Å². The molecule has 0 saturated heterocycles. The van der Waals surface area contributed by atoms with Gasteiger partial charge in [-0.05, 0) is 47.2 Å². The van der Waals surface area contributed by atoms with Crippen LogP contribution in [0.15, 0.2) is 22.7 Å². The molecular weight excluding hydrogens is 319 g/mol. The molecule has 0 aliphatic rings. The van der Waals surface area contributed by atoms with Gasteiger partial charge in [0.05, 0.1) is 5.56 Å². The molecule has 16 heavy (non-hydrogen) atoms. The SMILES string of the molecule is CCCc1noc(-c2cc(I)ccc2O)n1. The molecule has 0 saturated carbocycles. The van der Waals surface area contributed by atoms with Crippen molar-refractivity contribution in [3.05, 3.63) is 27.6 Å². The summed E-state index contributed by atoms with van der Waals surface area (Å²) in [5, 5.41) is 13.5. The first-order chi connectivity index (χ1) is 7.70. The van der Waals surface area contributed by atoms with Gasteiger partial charge in [-0.2, -0.15) is 4.98 Å². The average Bonchev–Trinajstić information content (AvgIpc) is 2.71. The topological polar surface area (TPSA) is 59.2 Å². The Labute approximate surface area is 107 Å². The number of aromatic nitrogens is 2. The first kappa shape index (κ1) is 11.4. The normalized spacial score (nSPS) is 10.6. The number of benzene rings is 1. The molecule has 0 atom stereocenters. The van der Waals surface area contributed by atoms with Gasteiger partial charge < -0.3 is 9.63 Å². The molecule has 0 aliphatic heterocycles. The van der Waals surface area contributed by atoms with Gasteiger partial charge in [0.2, 0.25) is 0 Å². The highest BCUT2D eigenvalue weighted by Gasteiger charge is 2.12. The Kier molecular flexibility index (Phi) is 3.42. The summed E-state index contributed by atoms with van der Waals surface area (Å²) in [5.74, 6) is 1.21. The van der Waals surface area contributed by atoms with E-state index < -0.39 is 0 Å². The summed E-state index contributed by atoms with van der Waals surface area (Å²) in [6.07, 6.45) is 1.76. The van der Waals surface area contributed by atoms with Crippen molar-refractivity contribution in [3.63, 3.8) is 0 Å². The third kappa shape index (κ3) is 2.34. The summed E-state index contributed by atoms with van der Waals surface area (Å²) >= 11 is 2.17. The molecule has 84 valence electrons. The first-order valence-corrected chi connectivity index (χ1v) is 6.10. The van der Waals surface area contributed by atoms with Crippen LogP contribution in [-0.4, -0.2) is 15.2 Å². The lowest BCUT2D eigenvalue weighted by Gasteiger charge is -1.99. The standard InChI is InChI=1S/C11H11IN2O2/c1-2-3-10-13-11(16-14-10)8-6-7(12)4-5-9(8)15/h4-6,15H,2-3H2,1H3. The van der Waals surface area contributed by atoms with Gasteiger partial charge in [-0.25, -0.2) is 0 Å². The Hall–Kier alpha value is -1.11. The van der Waals surface area contributed by atoms with E-state index in [9.17, 15) is 5.11 Å². The summed E-state index contributed by atoms with van der Waals surface area (Å²) in [6.45, 7) is 2.05. The van der Waals surface area contributed by atoms with E-state index in [0.29, 0.717) is 17.3 Å². The fourth-order valence-corrected chi connectivity index (χ4v) is 1.86. The van der Waals surface area contributed by atoms with Crippen molar-refractivity contribution in [2.75, 3.05) is 0 Å². The highest BCUT2D eigenvalue weighted by molar-refractivity contribution is 14.1. The maximum Gasteiger partial charge on any atom is 0.261 e. The maximum atomic E-state index is 9.70. The largest absolute Gasteiger partial charge is 0.507 e. The monoisotopic (exact) mass is 330 g/mol. The van der Waals surface area contributed by atoms with Crippen LogP contribution in [-0.2, 0) is 6.42 Å². The first-order valence-electron chi connectivity index (χ1n) is 5.02. The van der Waals surface area contributed by atoms with Gasteiger partial charge >= 0.3 is 0 Å². The van der Waals surface area contributed by atoms with Gasteiger partial charge in [0, 0.05) is 9.99 Å². The van der Waals surface area contributed by atoms with Crippen molar-refractivity contribution in [2.45, 2.75) is 19.8 Å². The number of aryl methyl sites for hydroxylation is 1. The van der Waals surface area contributed by atoms with Gasteiger partial charge in [-0.1, -0.05) is 12.1 Å². The number of hydrogen-bond acceptors (Lipinski definition) is 4. The average molecular weight is 330 g/mol. The predicted octanol–water partition coefficient (Wildman–Crippen LogP) is 3.00. The minimum atomic E-state index is 0.159. The number of phenolic OH excluding ortho intramolecular Hbond substituents is 1. The van der Waals surface area contributed by atoms with Crippen LogP contribution in [0.25, 0.3) is 11.5 Å². The second-order valence-corrected chi connectivity index (χ2v) is 4.67. The van der Waals surface area contributed by atoms with E-state index in [2.05, 4.69) is 39.7 Å². The highest BCUT2D eigenvalue weighted by atomic mass is 127. The quantitative estimate of drug-likeness (QED) is 0.879. The third-order valence-electron chi connectivity index (χ3n) is 2.13. The zero-order chi connectivity index (χ0) is 11.5.